The van der Waals surface area contributed by atoms with Gasteiger partial charge in [-0.1, -0.05) is 24.3 Å². The zero-order valence-electron chi connectivity index (χ0n) is 15.4. The van der Waals surface area contributed by atoms with Gasteiger partial charge < -0.3 is 10.1 Å². The lowest BCUT2D eigenvalue weighted by Gasteiger charge is -2.28. The molecule has 0 saturated heterocycles. The number of amides is 1. The Labute approximate surface area is 158 Å². The number of para-hydroxylation sites is 2. The molecule has 0 spiro atoms. The van der Waals surface area contributed by atoms with Crippen LogP contribution in [0.4, 0.5) is 11.4 Å². The van der Waals surface area contributed by atoms with E-state index in [1.54, 1.807) is 25.3 Å². The van der Waals surface area contributed by atoms with Gasteiger partial charge in [0.15, 0.2) is 0 Å². The van der Waals surface area contributed by atoms with Crippen molar-refractivity contribution in [3.8, 4) is 5.75 Å². The highest BCUT2D eigenvalue weighted by Gasteiger charge is 2.35. The molecule has 0 unspecified atom stereocenters. The zero-order valence-corrected chi connectivity index (χ0v) is 15.4. The summed E-state index contributed by atoms with van der Waals surface area (Å²) in [7, 11) is 1.63. The van der Waals surface area contributed by atoms with Gasteiger partial charge in [-0.05, 0) is 43.5 Å². The predicted octanol–water partition coefficient (Wildman–Crippen LogP) is 3.60. The molecule has 2 aromatic rings. The van der Waals surface area contributed by atoms with Crippen molar-refractivity contribution in [1.29, 1.82) is 0 Å². The van der Waals surface area contributed by atoms with Crippen molar-refractivity contribution < 1.29 is 14.5 Å². The van der Waals surface area contributed by atoms with E-state index in [1.165, 1.54) is 6.07 Å². The summed E-state index contributed by atoms with van der Waals surface area (Å²) < 4.78 is 5.18. The molecule has 142 valence electrons. The van der Waals surface area contributed by atoms with Crippen molar-refractivity contribution in [1.82, 2.24) is 4.90 Å². The summed E-state index contributed by atoms with van der Waals surface area (Å²) in [4.78, 5) is 25.6. The third-order valence-electron chi connectivity index (χ3n) is 4.78. The van der Waals surface area contributed by atoms with Gasteiger partial charge in [-0.2, -0.15) is 0 Å². The molecule has 0 aliphatic heterocycles. The molecule has 1 aliphatic carbocycles. The lowest BCUT2D eigenvalue weighted by molar-refractivity contribution is -0.383. The van der Waals surface area contributed by atoms with Crippen molar-refractivity contribution in [2.45, 2.75) is 38.4 Å². The minimum absolute atomic E-state index is 0.105. The SMILES string of the molecule is COc1ccc(CN(C2CC2)[C@H](C)C(=O)Nc2ccccc2[N+](=O)[O-])cc1. The van der Waals surface area contributed by atoms with E-state index >= 15 is 0 Å². The first-order valence-corrected chi connectivity index (χ1v) is 8.92. The van der Waals surface area contributed by atoms with Crippen LogP contribution in [-0.4, -0.2) is 34.9 Å². The van der Waals surface area contributed by atoms with E-state index in [1.807, 2.05) is 31.2 Å². The van der Waals surface area contributed by atoms with E-state index in [4.69, 9.17) is 4.74 Å². The molecule has 27 heavy (non-hydrogen) atoms. The average Bonchev–Trinajstić information content (AvgIpc) is 3.51. The number of hydrogen-bond donors (Lipinski definition) is 1. The fraction of sp³-hybridized carbons (Fsp3) is 0.350. The Morgan fingerprint density at radius 2 is 1.93 bits per heavy atom. The van der Waals surface area contributed by atoms with E-state index in [2.05, 4.69) is 10.2 Å². The molecule has 1 aliphatic rings. The summed E-state index contributed by atoms with van der Waals surface area (Å²) in [6.45, 7) is 2.48. The number of ether oxygens (including phenoxy) is 1. The van der Waals surface area contributed by atoms with Crippen LogP contribution in [0.2, 0.25) is 0 Å². The number of nitrogens with zero attached hydrogens (tertiary/aromatic N) is 2. The van der Waals surface area contributed by atoms with Crippen molar-refractivity contribution in [2.75, 3.05) is 12.4 Å². The Bertz CT molecular complexity index is 818. The van der Waals surface area contributed by atoms with E-state index in [0.29, 0.717) is 12.6 Å². The van der Waals surface area contributed by atoms with Crippen LogP contribution in [0.25, 0.3) is 0 Å². The highest BCUT2D eigenvalue weighted by molar-refractivity contribution is 5.96. The van der Waals surface area contributed by atoms with Crippen LogP contribution in [-0.2, 0) is 11.3 Å². The van der Waals surface area contributed by atoms with Gasteiger partial charge in [-0.25, -0.2) is 0 Å². The maximum Gasteiger partial charge on any atom is 0.292 e. The van der Waals surface area contributed by atoms with Crippen LogP contribution in [0, 0.1) is 10.1 Å². The molecule has 1 atom stereocenters. The summed E-state index contributed by atoms with van der Waals surface area (Å²) in [6.07, 6.45) is 2.11. The normalized spacial score (nSPS) is 14.6. The van der Waals surface area contributed by atoms with Gasteiger partial charge in [0.25, 0.3) is 5.69 Å². The Morgan fingerprint density at radius 3 is 2.52 bits per heavy atom. The van der Waals surface area contributed by atoms with Crippen LogP contribution in [0.15, 0.2) is 48.5 Å². The molecule has 7 nitrogen and oxygen atoms in total. The maximum absolute atomic E-state index is 12.8. The van der Waals surface area contributed by atoms with Gasteiger partial charge in [0.2, 0.25) is 5.91 Å². The molecule has 7 heteroatoms. The first-order chi connectivity index (χ1) is 13.0. The van der Waals surface area contributed by atoms with Gasteiger partial charge in [0.05, 0.1) is 18.1 Å². The van der Waals surface area contributed by atoms with Crippen molar-refractivity contribution in [3.63, 3.8) is 0 Å². The highest BCUT2D eigenvalue weighted by atomic mass is 16.6. The van der Waals surface area contributed by atoms with E-state index in [0.717, 1.165) is 24.2 Å². The Balaban J connectivity index is 1.72. The van der Waals surface area contributed by atoms with E-state index < -0.39 is 11.0 Å². The molecular weight excluding hydrogens is 346 g/mol. The molecule has 0 bridgehead atoms. The standard InChI is InChI=1S/C20H23N3O4/c1-14(20(24)21-18-5-3-4-6-19(18)23(25)26)22(16-9-10-16)13-15-7-11-17(27-2)12-8-15/h3-8,11-12,14,16H,9-10,13H2,1-2H3,(H,21,24)/t14-/m1/s1. The number of carbonyl (C=O) groups is 1. The highest BCUT2D eigenvalue weighted by Crippen LogP contribution is 2.31. The van der Waals surface area contributed by atoms with Gasteiger partial charge in [0, 0.05) is 18.7 Å². The minimum atomic E-state index is -0.490. The van der Waals surface area contributed by atoms with Gasteiger partial charge in [-0.15, -0.1) is 0 Å². The molecule has 2 aromatic carbocycles. The molecule has 1 amide bonds. The largest absolute Gasteiger partial charge is 0.497 e. The summed E-state index contributed by atoms with van der Waals surface area (Å²) in [5, 5.41) is 13.9. The van der Waals surface area contributed by atoms with E-state index in [9.17, 15) is 14.9 Å². The summed E-state index contributed by atoms with van der Waals surface area (Å²) in [6, 6.07) is 13.9. The quantitative estimate of drug-likeness (QED) is 0.568. The van der Waals surface area contributed by atoms with Crippen LogP contribution in [0.1, 0.15) is 25.3 Å². The number of anilines is 1. The van der Waals surface area contributed by atoms with E-state index in [-0.39, 0.29) is 17.3 Å². The number of nitrogens with one attached hydrogen (secondary N) is 1. The fourth-order valence-corrected chi connectivity index (χ4v) is 3.06. The predicted molar refractivity (Wildman–Crippen MR) is 103 cm³/mol. The van der Waals surface area contributed by atoms with Crippen molar-refractivity contribution >= 4 is 17.3 Å². The molecule has 0 heterocycles. The van der Waals surface area contributed by atoms with Crippen LogP contribution >= 0.6 is 0 Å². The smallest absolute Gasteiger partial charge is 0.292 e. The molecule has 1 N–H and O–H groups in total. The third kappa shape index (κ3) is 4.62. The number of rotatable bonds is 8. The number of nitro groups is 1. The molecule has 3 rings (SSSR count). The van der Waals surface area contributed by atoms with Crippen LogP contribution < -0.4 is 10.1 Å². The minimum Gasteiger partial charge on any atom is -0.497 e. The Hall–Kier alpha value is -2.93. The second kappa shape index (κ2) is 8.18. The van der Waals surface area contributed by atoms with Crippen molar-refractivity contribution in [3.05, 3.63) is 64.2 Å². The summed E-state index contributed by atoms with van der Waals surface area (Å²) in [5.41, 5.74) is 1.21. The lowest BCUT2D eigenvalue weighted by atomic mass is 10.1. The molecule has 0 radical (unpaired) electrons. The van der Waals surface area contributed by atoms with Gasteiger partial charge >= 0.3 is 0 Å². The molecule has 1 saturated carbocycles. The van der Waals surface area contributed by atoms with Gasteiger partial charge in [-0.3, -0.25) is 19.8 Å². The number of benzene rings is 2. The fourth-order valence-electron chi connectivity index (χ4n) is 3.06. The van der Waals surface area contributed by atoms with Crippen LogP contribution in [0.5, 0.6) is 5.75 Å². The zero-order chi connectivity index (χ0) is 19.4. The first-order valence-electron chi connectivity index (χ1n) is 8.92. The average molecular weight is 369 g/mol. The number of hydrogen-bond acceptors (Lipinski definition) is 5. The topological polar surface area (TPSA) is 84.7 Å². The second-order valence-corrected chi connectivity index (χ2v) is 6.69. The lowest BCUT2D eigenvalue weighted by Crippen LogP contribution is -2.43. The third-order valence-corrected chi connectivity index (χ3v) is 4.78. The number of methoxy groups -OCH3 is 1. The van der Waals surface area contributed by atoms with Gasteiger partial charge in [0.1, 0.15) is 11.4 Å². The Kier molecular flexibility index (Phi) is 5.71. The maximum atomic E-state index is 12.8. The molecule has 1 fully saturated rings. The monoisotopic (exact) mass is 369 g/mol. The first kappa shape index (κ1) is 18.8. The number of nitro benzene ring substituents is 1. The summed E-state index contributed by atoms with van der Waals surface area (Å²) >= 11 is 0. The Morgan fingerprint density at radius 1 is 1.26 bits per heavy atom. The summed E-state index contributed by atoms with van der Waals surface area (Å²) in [5.74, 6) is 0.545. The van der Waals surface area contributed by atoms with Crippen molar-refractivity contribution in [2.24, 2.45) is 0 Å². The number of carbonyl (C=O) groups excluding carboxylic acids is 1. The molecular formula is C20H23N3O4. The van der Waals surface area contributed by atoms with Crippen LogP contribution in [0.3, 0.4) is 0 Å². The molecule has 0 aromatic heterocycles. The second-order valence-electron chi connectivity index (χ2n) is 6.69.